The first-order chi connectivity index (χ1) is 9.70. The lowest BCUT2D eigenvalue weighted by Crippen LogP contribution is -2.11. The Morgan fingerprint density at radius 2 is 1.85 bits per heavy atom. The van der Waals surface area contributed by atoms with Crippen LogP contribution in [0.1, 0.15) is 13.3 Å². The van der Waals surface area contributed by atoms with Crippen molar-refractivity contribution < 1.29 is 0 Å². The molecule has 5 heteroatoms. The van der Waals surface area contributed by atoms with Crippen LogP contribution in [0.5, 0.6) is 0 Å². The number of para-hydroxylation sites is 2. The molecule has 1 aromatic carbocycles. The molecular formula is C15H21N5. The van der Waals surface area contributed by atoms with Gasteiger partial charge in [0.05, 0.1) is 11.4 Å². The zero-order chi connectivity index (χ0) is 14.4. The van der Waals surface area contributed by atoms with Gasteiger partial charge in [0, 0.05) is 26.7 Å². The molecule has 5 nitrogen and oxygen atoms in total. The van der Waals surface area contributed by atoms with Crippen molar-refractivity contribution in [3.8, 4) is 0 Å². The van der Waals surface area contributed by atoms with Crippen molar-refractivity contribution in [2.75, 3.05) is 36.2 Å². The third kappa shape index (κ3) is 3.60. The summed E-state index contributed by atoms with van der Waals surface area (Å²) >= 11 is 0. The van der Waals surface area contributed by atoms with E-state index in [2.05, 4.69) is 38.5 Å². The van der Waals surface area contributed by atoms with Crippen LogP contribution in [0.4, 0.5) is 23.0 Å². The fourth-order valence-corrected chi connectivity index (χ4v) is 1.88. The maximum absolute atomic E-state index is 4.26. The molecule has 2 aromatic rings. The molecule has 2 N–H and O–H groups in total. The van der Waals surface area contributed by atoms with Crippen LogP contribution in [0.2, 0.25) is 0 Å². The molecule has 1 heterocycles. The van der Waals surface area contributed by atoms with E-state index in [0.717, 1.165) is 36.0 Å². The van der Waals surface area contributed by atoms with Crippen LogP contribution in [0.3, 0.4) is 0 Å². The van der Waals surface area contributed by atoms with Crippen LogP contribution in [0.25, 0.3) is 0 Å². The van der Waals surface area contributed by atoms with Gasteiger partial charge in [0.25, 0.3) is 0 Å². The minimum atomic E-state index is 0.785. The van der Waals surface area contributed by atoms with E-state index in [9.17, 15) is 0 Å². The number of nitrogens with zero attached hydrogens (tertiary/aromatic N) is 3. The third-order valence-corrected chi connectivity index (χ3v) is 2.87. The van der Waals surface area contributed by atoms with E-state index in [4.69, 9.17) is 0 Å². The Morgan fingerprint density at radius 3 is 2.60 bits per heavy atom. The first-order valence-corrected chi connectivity index (χ1v) is 6.80. The van der Waals surface area contributed by atoms with Crippen molar-refractivity contribution in [3.63, 3.8) is 0 Å². The Balaban J connectivity index is 2.17. The Labute approximate surface area is 120 Å². The second kappa shape index (κ2) is 6.75. The minimum absolute atomic E-state index is 0.785. The van der Waals surface area contributed by atoms with Crippen molar-refractivity contribution in [1.82, 2.24) is 9.97 Å². The molecule has 0 fully saturated rings. The average Bonchev–Trinajstić information content (AvgIpc) is 2.46. The first-order valence-electron chi connectivity index (χ1n) is 6.80. The molecule has 0 saturated heterocycles. The Kier molecular flexibility index (Phi) is 4.76. The molecule has 0 aliphatic carbocycles. The predicted octanol–water partition coefficient (Wildman–Crippen LogP) is 3.11. The molecule has 0 radical (unpaired) electrons. The number of benzene rings is 1. The smallest absolute Gasteiger partial charge is 0.135 e. The average molecular weight is 271 g/mol. The second-order valence-electron chi connectivity index (χ2n) is 4.75. The van der Waals surface area contributed by atoms with Crippen molar-refractivity contribution in [2.24, 2.45) is 0 Å². The third-order valence-electron chi connectivity index (χ3n) is 2.87. The summed E-state index contributed by atoms with van der Waals surface area (Å²) in [6.07, 6.45) is 2.63. The Hall–Kier alpha value is -2.30. The SMILES string of the molecule is CCCNc1cc(Nc2ccccc2N(C)C)ncn1. The van der Waals surface area contributed by atoms with Gasteiger partial charge in [0.1, 0.15) is 18.0 Å². The van der Waals surface area contributed by atoms with Gasteiger partial charge in [-0.1, -0.05) is 19.1 Å². The molecule has 0 amide bonds. The number of hydrogen-bond donors (Lipinski definition) is 2. The predicted molar refractivity (Wildman–Crippen MR) is 84.9 cm³/mol. The van der Waals surface area contributed by atoms with Crippen molar-refractivity contribution in [3.05, 3.63) is 36.7 Å². The summed E-state index contributed by atoms with van der Waals surface area (Å²) in [6.45, 7) is 3.03. The molecule has 0 unspecified atom stereocenters. The standard InChI is InChI=1S/C15H21N5/c1-4-9-16-14-10-15(18-11-17-14)19-12-7-5-6-8-13(12)20(2)3/h5-8,10-11H,4,9H2,1-3H3,(H2,16,17,18,19). The van der Waals surface area contributed by atoms with E-state index in [-0.39, 0.29) is 0 Å². The summed E-state index contributed by atoms with van der Waals surface area (Å²) in [4.78, 5) is 10.5. The fourth-order valence-electron chi connectivity index (χ4n) is 1.88. The van der Waals surface area contributed by atoms with Gasteiger partial charge >= 0.3 is 0 Å². The van der Waals surface area contributed by atoms with Gasteiger partial charge in [-0.05, 0) is 18.6 Å². The lowest BCUT2D eigenvalue weighted by Gasteiger charge is -2.18. The van der Waals surface area contributed by atoms with E-state index in [1.165, 1.54) is 0 Å². The molecule has 0 aliphatic rings. The highest BCUT2D eigenvalue weighted by Gasteiger charge is 2.05. The summed E-state index contributed by atoms with van der Waals surface area (Å²) in [5.74, 6) is 1.62. The fraction of sp³-hybridized carbons (Fsp3) is 0.333. The lowest BCUT2D eigenvalue weighted by atomic mass is 10.2. The van der Waals surface area contributed by atoms with E-state index in [1.54, 1.807) is 6.33 Å². The van der Waals surface area contributed by atoms with Gasteiger partial charge in [-0.3, -0.25) is 0 Å². The van der Waals surface area contributed by atoms with E-state index >= 15 is 0 Å². The van der Waals surface area contributed by atoms with E-state index in [1.807, 2.05) is 38.4 Å². The summed E-state index contributed by atoms with van der Waals surface area (Å²) in [5.41, 5.74) is 2.15. The number of anilines is 4. The molecule has 0 bridgehead atoms. The monoisotopic (exact) mass is 271 g/mol. The zero-order valence-electron chi connectivity index (χ0n) is 12.2. The molecule has 0 aliphatic heterocycles. The Morgan fingerprint density at radius 1 is 1.10 bits per heavy atom. The number of rotatable bonds is 6. The molecule has 106 valence electrons. The highest BCUT2D eigenvalue weighted by molar-refractivity contribution is 5.74. The highest BCUT2D eigenvalue weighted by Crippen LogP contribution is 2.26. The minimum Gasteiger partial charge on any atom is -0.376 e. The summed E-state index contributed by atoms with van der Waals surface area (Å²) in [5, 5.41) is 6.59. The highest BCUT2D eigenvalue weighted by atomic mass is 15.1. The Bertz CT molecular complexity index is 553. The summed E-state index contributed by atoms with van der Waals surface area (Å²) in [6, 6.07) is 10.1. The maximum Gasteiger partial charge on any atom is 0.135 e. The van der Waals surface area contributed by atoms with Gasteiger partial charge in [0.15, 0.2) is 0 Å². The molecule has 20 heavy (non-hydrogen) atoms. The van der Waals surface area contributed by atoms with Gasteiger partial charge in [-0.25, -0.2) is 9.97 Å². The molecule has 2 rings (SSSR count). The van der Waals surface area contributed by atoms with Crippen molar-refractivity contribution in [1.29, 1.82) is 0 Å². The summed E-state index contributed by atoms with van der Waals surface area (Å²) < 4.78 is 0. The topological polar surface area (TPSA) is 53.1 Å². The van der Waals surface area contributed by atoms with Crippen LogP contribution in [0.15, 0.2) is 36.7 Å². The van der Waals surface area contributed by atoms with Crippen LogP contribution >= 0.6 is 0 Å². The molecule has 0 spiro atoms. The van der Waals surface area contributed by atoms with Gasteiger partial charge in [-0.2, -0.15) is 0 Å². The molecule has 1 aromatic heterocycles. The van der Waals surface area contributed by atoms with Crippen molar-refractivity contribution >= 4 is 23.0 Å². The number of nitrogens with one attached hydrogen (secondary N) is 2. The number of hydrogen-bond acceptors (Lipinski definition) is 5. The van der Waals surface area contributed by atoms with Crippen LogP contribution in [-0.2, 0) is 0 Å². The second-order valence-corrected chi connectivity index (χ2v) is 4.75. The van der Waals surface area contributed by atoms with Crippen molar-refractivity contribution in [2.45, 2.75) is 13.3 Å². The lowest BCUT2D eigenvalue weighted by molar-refractivity contribution is 0.965. The van der Waals surface area contributed by atoms with E-state index < -0.39 is 0 Å². The van der Waals surface area contributed by atoms with E-state index in [0.29, 0.717) is 0 Å². The van der Waals surface area contributed by atoms with Crippen LogP contribution in [0, 0.1) is 0 Å². The molecule has 0 saturated carbocycles. The van der Waals surface area contributed by atoms with Crippen LogP contribution in [-0.4, -0.2) is 30.6 Å². The maximum atomic E-state index is 4.26. The zero-order valence-corrected chi connectivity index (χ0v) is 12.2. The quantitative estimate of drug-likeness (QED) is 0.845. The normalized spacial score (nSPS) is 10.2. The summed E-state index contributed by atoms with van der Waals surface area (Å²) in [7, 11) is 4.05. The molecule has 0 atom stereocenters. The van der Waals surface area contributed by atoms with Gasteiger partial charge in [-0.15, -0.1) is 0 Å². The molecular weight excluding hydrogens is 250 g/mol. The van der Waals surface area contributed by atoms with Gasteiger partial charge < -0.3 is 15.5 Å². The largest absolute Gasteiger partial charge is 0.376 e. The first kappa shape index (κ1) is 14.1. The number of aromatic nitrogens is 2. The van der Waals surface area contributed by atoms with Crippen LogP contribution < -0.4 is 15.5 Å². The van der Waals surface area contributed by atoms with Gasteiger partial charge in [0.2, 0.25) is 0 Å².